The first-order chi connectivity index (χ1) is 12.8. The van der Waals surface area contributed by atoms with E-state index < -0.39 is 17.9 Å². The number of amides is 1. The molecule has 6 nitrogen and oxygen atoms in total. The van der Waals surface area contributed by atoms with Crippen LogP contribution in [0.3, 0.4) is 0 Å². The van der Waals surface area contributed by atoms with Crippen molar-refractivity contribution in [3.05, 3.63) is 23.8 Å². The van der Waals surface area contributed by atoms with E-state index >= 15 is 0 Å². The van der Waals surface area contributed by atoms with Crippen LogP contribution in [0.25, 0.3) is 0 Å². The Hall–Kier alpha value is -1.31. The summed E-state index contributed by atoms with van der Waals surface area (Å²) < 4.78 is 11.7. The minimum absolute atomic E-state index is 0.160. The minimum atomic E-state index is -1.51. The molecule has 0 aromatic heterocycles. The molecule has 0 unspecified atom stereocenters. The molecule has 3 aliphatic rings. The maximum absolute atomic E-state index is 12.3. The Morgan fingerprint density at radius 2 is 2.11 bits per heavy atom. The van der Waals surface area contributed by atoms with Gasteiger partial charge in [0.15, 0.2) is 5.79 Å². The Bertz CT molecular complexity index is 634. The number of esters is 1. The Labute approximate surface area is 164 Å². The zero-order valence-corrected chi connectivity index (χ0v) is 16.8. The average molecular weight is 396 g/mol. The van der Waals surface area contributed by atoms with Crippen molar-refractivity contribution in [1.29, 1.82) is 0 Å². The highest BCUT2D eigenvalue weighted by Gasteiger charge is 2.49. The summed E-state index contributed by atoms with van der Waals surface area (Å²) in [5.41, 5.74) is 0.979. The van der Waals surface area contributed by atoms with Crippen LogP contribution in [0.15, 0.2) is 23.8 Å². The third-order valence-electron chi connectivity index (χ3n) is 5.40. The van der Waals surface area contributed by atoms with Gasteiger partial charge in [0.05, 0.1) is 12.1 Å². The first-order valence-corrected chi connectivity index (χ1v) is 10.7. The van der Waals surface area contributed by atoms with E-state index in [4.69, 9.17) is 9.47 Å². The molecule has 0 spiro atoms. The molecule has 2 N–H and O–H groups in total. The Morgan fingerprint density at radius 1 is 1.30 bits per heavy atom. The third kappa shape index (κ3) is 5.59. The van der Waals surface area contributed by atoms with E-state index in [1.165, 1.54) is 0 Å². The molecule has 3 aliphatic heterocycles. The second-order valence-electron chi connectivity index (χ2n) is 7.89. The molecule has 2 fully saturated rings. The van der Waals surface area contributed by atoms with Crippen LogP contribution in [-0.4, -0.2) is 46.1 Å². The third-order valence-corrected chi connectivity index (χ3v) is 6.28. The number of hydrogen-bond donors (Lipinski definition) is 2. The van der Waals surface area contributed by atoms with Gasteiger partial charge in [-0.25, -0.2) is 4.79 Å². The highest BCUT2D eigenvalue weighted by atomic mass is 32.2. The maximum atomic E-state index is 12.3. The van der Waals surface area contributed by atoms with Gasteiger partial charge in [0, 0.05) is 24.7 Å². The van der Waals surface area contributed by atoms with Crippen molar-refractivity contribution in [3.8, 4) is 0 Å². The molecule has 27 heavy (non-hydrogen) atoms. The zero-order chi connectivity index (χ0) is 19.4. The van der Waals surface area contributed by atoms with Crippen LogP contribution in [0.4, 0.5) is 4.79 Å². The second-order valence-corrected chi connectivity index (χ2v) is 8.88. The van der Waals surface area contributed by atoms with Gasteiger partial charge in [-0.15, -0.1) is 0 Å². The van der Waals surface area contributed by atoms with Gasteiger partial charge >= 0.3 is 5.97 Å². The normalized spacial score (nSPS) is 41.7. The molecule has 1 amide bonds. The predicted molar refractivity (Wildman–Crippen MR) is 104 cm³/mol. The summed E-state index contributed by atoms with van der Waals surface area (Å²) in [5.74, 6) is -1.03. The van der Waals surface area contributed by atoms with Crippen LogP contribution < -0.4 is 5.32 Å². The molecule has 3 heterocycles. The maximum Gasteiger partial charge on any atom is 0.330 e. The number of fused-ring (bicyclic) bond motifs is 2. The van der Waals surface area contributed by atoms with Crippen molar-refractivity contribution in [3.63, 3.8) is 0 Å². The van der Waals surface area contributed by atoms with Crippen LogP contribution in [-0.2, 0) is 14.3 Å². The van der Waals surface area contributed by atoms with Crippen molar-refractivity contribution in [2.24, 2.45) is 5.92 Å². The van der Waals surface area contributed by atoms with Gasteiger partial charge in [-0.05, 0) is 38.5 Å². The summed E-state index contributed by atoms with van der Waals surface area (Å²) in [5, 5.41) is 13.7. The number of carbonyl (C=O) groups excluding carboxylic acids is 2. The molecule has 0 saturated carbocycles. The topological polar surface area (TPSA) is 84.9 Å². The lowest BCUT2D eigenvalue weighted by Crippen LogP contribution is -2.58. The van der Waals surface area contributed by atoms with E-state index in [0.717, 1.165) is 43.0 Å². The molecule has 3 rings (SSSR count). The molecule has 0 aromatic rings. The summed E-state index contributed by atoms with van der Waals surface area (Å²) in [6.07, 6.45) is 9.42. The van der Waals surface area contributed by atoms with E-state index in [2.05, 4.69) is 24.4 Å². The minimum Gasteiger partial charge on any atom is -0.459 e. The van der Waals surface area contributed by atoms with Crippen LogP contribution >= 0.6 is 11.8 Å². The van der Waals surface area contributed by atoms with Crippen molar-refractivity contribution in [1.82, 2.24) is 5.32 Å². The van der Waals surface area contributed by atoms with E-state index in [0.29, 0.717) is 18.1 Å². The molecule has 2 bridgehead atoms. The lowest BCUT2D eigenvalue weighted by Gasteiger charge is -2.43. The Balaban J connectivity index is 1.78. The number of hydrogen-bond acceptors (Lipinski definition) is 6. The van der Waals surface area contributed by atoms with Gasteiger partial charge in [0.2, 0.25) is 0 Å². The van der Waals surface area contributed by atoms with E-state index in [1.807, 2.05) is 6.92 Å². The molecular weight excluding hydrogens is 366 g/mol. The van der Waals surface area contributed by atoms with Gasteiger partial charge in [0.25, 0.3) is 5.24 Å². The number of carbonyl (C=O) groups is 2. The van der Waals surface area contributed by atoms with Crippen LogP contribution in [0.1, 0.15) is 52.4 Å². The van der Waals surface area contributed by atoms with Gasteiger partial charge in [-0.2, -0.15) is 0 Å². The number of nitrogens with one attached hydrogen (secondary N) is 1. The van der Waals surface area contributed by atoms with Gasteiger partial charge < -0.3 is 19.9 Å². The molecule has 5 atom stereocenters. The highest BCUT2D eigenvalue weighted by Crippen LogP contribution is 2.37. The molecule has 2 saturated heterocycles. The summed E-state index contributed by atoms with van der Waals surface area (Å²) in [6.45, 7) is 4.10. The van der Waals surface area contributed by atoms with Gasteiger partial charge in [-0.3, -0.25) is 4.79 Å². The van der Waals surface area contributed by atoms with Crippen molar-refractivity contribution >= 4 is 23.0 Å². The smallest absolute Gasteiger partial charge is 0.330 e. The Kier molecular flexibility index (Phi) is 6.65. The molecule has 7 heteroatoms. The van der Waals surface area contributed by atoms with E-state index in [9.17, 15) is 14.7 Å². The fourth-order valence-corrected chi connectivity index (χ4v) is 4.75. The number of thioether (sulfide) groups is 1. The predicted octanol–water partition coefficient (Wildman–Crippen LogP) is 3.30. The molecule has 0 radical (unpaired) electrons. The largest absolute Gasteiger partial charge is 0.459 e. The van der Waals surface area contributed by atoms with Crippen molar-refractivity contribution < 1.29 is 24.2 Å². The van der Waals surface area contributed by atoms with Crippen LogP contribution in [0, 0.1) is 5.92 Å². The summed E-state index contributed by atoms with van der Waals surface area (Å²) in [4.78, 5) is 23.9. The summed E-state index contributed by atoms with van der Waals surface area (Å²) in [6, 6.07) is -0.493. The fourth-order valence-electron chi connectivity index (χ4n) is 3.86. The van der Waals surface area contributed by atoms with E-state index in [-0.39, 0.29) is 23.7 Å². The highest BCUT2D eigenvalue weighted by molar-refractivity contribution is 8.14. The van der Waals surface area contributed by atoms with Crippen LogP contribution in [0.2, 0.25) is 0 Å². The number of ether oxygens (including phenoxy) is 2. The molecule has 0 aromatic carbocycles. The standard InChI is InChI=1S/C20H29NO5S/c1-13-5-3-4-6-14(2)9-18(22)25-16-10-15(8-7-13)26-20(24,11-16)17-12-27-19(23)21-17/h3,5,9,13,15-17,24H,4,6-8,10-12H2,1-2H3,(H,21,23)/b5-3-,14-9-/t13-,15-,16-,17+,20+/m1/s1. The lowest BCUT2D eigenvalue weighted by atomic mass is 9.90. The van der Waals surface area contributed by atoms with Crippen LogP contribution in [0.5, 0.6) is 0 Å². The van der Waals surface area contributed by atoms with Crippen molar-refractivity contribution in [2.45, 2.75) is 76.4 Å². The monoisotopic (exact) mass is 395 g/mol. The first kappa shape index (κ1) is 20.4. The SMILES string of the molecule is C/C1=C/C(=O)O[C@@H]2C[C@@H](CC[C@H](C)/C=C\CC1)O[C@](O)([C@@H]1CSC(=O)N1)C2. The average Bonchev–Trinajstić information content (AvgIpc) is 3.03. The van der Waals surface area contributed by atoms with Gasteiger partial charge in [0.1, 0.15) is 6.10 Å². The van der Waals surface area contributed by atoms with E-state index in [1.54, 1.807) is 6.08 Å². The second kappa shape index (κ2) is 8.80. The number of rotatable bonds is 1. The van der Waals surface area contributed by atoms with Crippen molar-refractivity contribution in [2.75, 3.05) is 5.75 Å². The quantitative estimate of drug-likeness (QED) is 0.523. The fraction of sp³-hybridized carbons (Fsp3) is 0.700. The summed E-state index contributed by atoms with van der Waals surface area (Å²) >= 11 is 1.14. The zero-order valence-electron chi connectivity index (χ0n) is 16.0. The summed E-state index contributed by atoms with van der Waals surface area (Å²) in [7, 11) is 0. The Morgan fingerprint density at radius 3 is 2.85 bits per heavy atom. The molecule has 150 valence electrons. The lowest BCUT2D eigenvalue weighted by molar-refractivity contribution is -0.283. The molecular formula is C20H29NO5S. The number of aliphatic hydroxyl groups is 1. The van der Waals surface area contributed by atoms with Gasteiger partial charge in [-0.1, -0.05) is 36.4 Å². The first-order valence-electron chi connectivity index (χ1n) is 9.72. The number of allylic oxidation sites excluding steroid dienone is 3. The molecule has 0 aliphatic carbocycles.